The van der Waals surface area contributed by atoms with E-state index >= 15 is 0 Å². The molecule has 0 aliphatic heterocycles. The van der Waals surface area contributed by atoms with E-state index < -0.39 is 24.5 Å². The van der Waals surface area contributed by atoms with Crippen LogP contribution in [0.25, 0.3) is 11.1 Å². The summed E-state index contributed by atoms with van der Waals surface area (Å²) in [5, 5.41) is 12.1. The van der Waals surface area contributed by atoms with Gasteiger partial charge in [-0.05, 0) is 44.0 Å². The molecule has 0 saturated carbocycles. The van der Waals surface area contributed by atoms with Gasteiger partial charge in [0.15, 0.2) is 6.61 Å². The molecule has 2 aromatic carbocycles. The molecule has 0 aliphatic rings. The highest BCUT2D eigenvalue weighted by Gasteiger charge is 2.25. The van der Waals surface area contributed by atoms with Crippen LogP contribution in [0, 0.1) is 13.8 Å². The van der Waals surface area contributed by atoms with Gasteiger partial charge in [-0.3, -0.25) is 4.79 Å². The summed E-state index contributed by atoms with van der Waals surface area (Å²) in [7, 11) is 0. The van der Waals surface area contributed by atoms with Gasteiger partial charge in [0, 0.05) is 10.4 Å². The predicted molar refractivity (Wildman–Crippen MR) is 126 cm³/mol. The van der Waals surface area contributed by atoms with Crippen molar-refractivity contribution in [2.45, 2.75) is 27.4 Å². The topological polar surface area (TPSA) is 102 Å². The van der Waals surface area contributed by atoms with Crippen LogP contribution in [0.15, 0.2) is 48.5 Å². The van der Waals surface area contributed by atoms with Crippen LogP contribution < -0.4 is 5.32 Å². The van der Waals surface area contributed by atoms with Gasteiger partial charge in [0.25, 0.3) is 5.91 Å². The summed E-state index contributed by atoms with van der Waals surface area (Å²) in [6.07, 6.45) is 0. The molecule has 8 heteroatoms. The quantitative estimate of drug-likeness (QED) is 0.473. The van der Waals surface area contributed by atoms with E-state index in [2.05, 4.69) is 5.32 Å². The lowest BCUT2D eigenvalue weighted by Gasteiger charge is -2.10. The molecule has 33 heavy (non-hydrogen) atoms. The molecule has 1 aromatic heterocycles. The largest absolute Gasteiger partial charge is 0.462 e. The number of anilines is 1. The van der Waals surface area contributed by atoms with Crippen LogP contribution in [0.2, 0.25) is 0 Å². The maximum absolute atomic E-state index is 12.8. The Morgan fingerprint density at radius 3 is 2.21 bits per heavy atom. The van der Waals surface area contributed by atoms with Gasteiger partial charge in [-0.1, -0.05) is 42.0 Å². The molecule has 0 aliphatic carbocycles. The van der Waals surface area contributed by atoms with E-state index in [0.29, 0.717) is 16.1 Å². The molecule has 0 spiro atoms. The van der Waals surface area contributed by atoms with Gasteiger partial charge in [-0.25, -0.2) is 9.59 Å². The summed E-state index contributed by atoms with van der Waals surface area (Å²) >= 11 is 1.26. The van der Waals surface area contributed by atoms with Crippen LogP contribution in [0.3, 0.4) is 0 Å². The number of thiophene rings is 1. The number of aryl methyl sites for hydroxylation is 2. The lowest BCUT2D eigenvalue weighted by Crippen LogP contribution is -2.21. The zero-order valence-electron chi connectivity index (χ0n) is 18.6. The van der Waals surface area contributed by atoms with Crippen molar-refractivity contribution in [3.8, 4) is 11.1 Å². The summed E-state index contributed by atoms with van der Waals surface area (Å²) in [5.41, 5.74) is 3.84. The molecule has 1 amide bonds. The first kappa shape index (κ1) is 24.2. The summed E-state index contributed by atoms with van der Waals surface area (Å²) in [5.74, 6) is -1.77. The minimum Gasteiger partial charge on any atom is -0.462 e. The van der Waals surface area contributed by atoms with E-state index in [4.69, 9.17) is 14.6 Å². The van der Waals surface area contributed by atoms with E-state index in [9.17, 15) is 14.4 Å². The van der Waals surface area contributed by atoms with Crippen molar-refractivity contribution in [1.29, 1.82) is 0 Å². The minimum absolute atomic E-state index is 0.134. The SMILES string of the molecule is CCOC(=O)c1c(NC(=O)COC(=O)c2ccc(CO)cc2)sc(C)c1-c1ccc(C)cc1. The van der Waals surface area contributed by atoms with E-state index in [1.54, 1.807) is 19.1 Å². The van der Waals surface area contributed by atoms with E-state index in [0.717, 1.165) is 16.0 Å². The van der Waals surface area contributed by atoms with Crippen molar-refractivity contribution in [2.24, 2.45) is 0 Å². The molecule has 172 valence electrons. The highest BCUT2D eigenvalue weighted by Crippen LogP contribution is 2.40. The Hall–Kier alpha value is -3.49. The summed E-state index contributed by atoms with van der Waals surface area (Å²) in [4.78, 5) is 38.3. The fourth-order valence-corrected chi connectivity index (χ4v) is 4.30. The van der Waals surface area contributed by atoms with Gasteiger partial charge in [0.2, 0.25) is 0 Å². The summed E-state index contributed by atoms with van der Waals surface area (Å²) in [6, 6.07) is 14.0. The third-order valence-corrected chi connectivity index (χ3v) is 5.88. The van der Waals surface area contributed by atoms with Crippen LogP contribution >= 0.6 is 11.3 Å². The van der Waals surface area contributed by atoms with E-state index in [-0.39, 0.29) is 24.3 Å². The Morgan fingerprint density at radius 1 is 0.939 bits per heavy atom. The van der Waals surface area contributed by atoms with Gasteiger partial charge in [-0.2, -0.15) is 0 Å². The third kappa shape index (κ3) is 5.85. The number of benzene rings is 2. The second-order valence-corrected chi connectivity index (χ2v) is 8.53. The number of ether oxygens (including phenoxy) is 2. The van der Waals surface area contributed by atoms with E-state index in [1.807, 2.05) is 38.1 Å². The first-order valence-corrected chi connectivity index (χ1v) is 11.2. The standard InChI is InChI=1S/C25H25NO6S/c1-4-31-25(30)22-21(18-9-5-15(2)6-10-18)16(3)33-23(22)26-20(28)14-32-24(29)19-11-7-17(13-27)8-12-19/h5-12,27H,4,13-14H2,1-3H3,(H,26,28). The Kier molecular flexibility index (Phi) is 7.97. The molecule has 0 bridgehead atoms. The molecule has 0 saturated heterocycles. The van der Waals surface area contributed by atoms with Crippen molar-refractivity contribution in [1.82, 2.24) is 0 Å². The number of rotatable bonds is 8. The number of aliphatic hydroxyl groups excluding tert-OH is 1. The molecular weight excluding hydrogens is 442 g/mol. The van der Waals surface area contributed by atoms with Crippen LogP contribution in [0.5, 0.6) is 0 Å². The summed E-state index contributed by atoms with van der Waals surface area (Å²) in [6.45, 7) is 5.11. The fourth-order valence-electron chi connectivity index (χ4n) is 3.22. The first-order valence-electron chi connectivity index (χ1n) is 10.4. The maximum atomic E-state index is 12.8. The maximum Gasteiger partial charge on any atom is 0.341 e. The minimum atomic E-state index is -0.664. The number of nitrogens with one attached hydrogen (secondary N) is 1. The van der Waals surface area contributed by atoms with Gasteiger partial charge in [0.05, 0.1) is 18.8 Å². The monoisotopic (exact) mass is 467 g/mol. The van der Waals surface area contributed by atoms with Gasteiger partial charge in [0.1, 0.15) is 10.6 Å². The third-order valence-electron chi connectivity index (χ3n) is 4.86. The smallest absolute Gasteiger partial charge is 0.341 e. The number of hydrogen-bond donors (Lipinski definition) is 2. The molecule has 0 fully saturated rings. The number of amides is 1. The number of esters is 2. The van der Waals surface area contributed by atoms with Crippen LogP contribution in [-0.2, 0) is 20.9 Å². The second kappa shape index (κ2) is 10.9. The lowest BCUT2D eigenvalue weighted by molar-refractivity contribution is -0.119. The number of carbonyl (C=O) groups is 3. The highest BCUT2D eigenvalue weighted by molar-refractivity contribution is 7.17. The molecule has 0 unspecified atom stereocenters. The average molecular weight is 468 g/mol. The van der Waals surface area contributed by atoms with Crippen molar-refractivity contribution in [2.75, 3.05) is 18.5 Å². The van der Waals surface area contributed by atoms with Crippen molar-refractivity contribution < 1.29 is 29.0 Å². The van der Waals surface area contributed by atoms with Crippen molar-refractivity contribution in [3.63, 3.8) is 0 Å². The Morgan fingerprint density at radius 2 is 1.61 bits per heavy atom. The molecule has 7 nitrogen and oxygen atoms in total. The Balaban J connectivity index is 1.78. The van der Waals surface area contributed by atoms with Crippen LogP contribution in [0.4, 0.5) is 5.00 Å². The lowest BCUT2D eigenvalue weighted by atomic mass is 10.0. The van der Waals surface area contributed by atoms with E-state index in [1.165, 1.54) is 23.5 Å². The predicted octanol–water partition coefficient (Wildman–Crippen LogP) is 4.50. The van der Waals surface area contributed by atoms with Gasteiger partial charge in [-0.15, -0.1) is 11.3 Å². The van der Waals surface area contributed by atoms with Gasteiger partial charge >= 0.3 is 11.9 Å². The number of carbonyl (C=O) groups excluding carboxylic acids is 3. The number of hydrogen-bond acceptors (Lipinski definition) is 7. The normalized spacial score (nSPS) is 10.5. The molecule has 0 atom stereocenters. The first-order chi connectivity index (χ1) is 15.8. The van der Waals surface area contributed by atoms with Crippen LogP contribution in [0.1, 0.15) is 43.6 Å². The van der Waals surface area contributed by atoms with Crippen LogP contribution in [-0.4, -0.2) is 36.2 Å². The highest BCUT2D eigenvalue weighted by atomic mass is 32.1. The van der Waals surface area contributed by atoms with Gasteiger partial charge < -0.3 is 19.9 Å². The Labute approximate surface area is 196 Å². The van der Waals surface area contributed by atoms with Crippen molar-refractivity contribution in [3.05, 3.63) is 75.7 Å². The zero-order valence-corrected chi connectivity index (χ0v) is 19.5. The zero-order chi connectivity index (χ0) is 24.0. The second-order valence-electron chi connectivity index (χ2n) is 7.30. The fraction of sp³-hybridized carbons (Fsp3) is 0.240. The average Bonchev–Trinajstić information content (AvgIpc) is 3.13. The molecule has 3 rings (SSSR count). The molecule has 1 heterocycles. The summed E-state index contributed by atoms with van der Waals surface area (Å²) < 4.78 is 10.3. The van der Waals surface area contributed by atoms with Crippen molar-refractivity contribution >= 4 is 34.2 Å². The molecule has 3 aromatic rings. The molecule has 2 N–H and O–H groups in total. The number of aliphatic hydroxyl groups is 1. The molecular formula is C25H25NO6S. The molecule has 0 radical (unpaired) electrons. The Bertz CT molecular complexity index is 1150.